The summed E-state index contributed by atoms with van der Waals surface area (Å²) in [6.07, 6.45) is 6.01. The number of rotatable bonds is 15. The van der Waals surface area contributed by atoms with Crippen LogP contribution >= 0.6 is 0 Å². The normalized spacial score (nSPS) is 11.1. The van der Waals surface area contributed by atoms with Crippen LogP contribution in [0.15, 0.2) is 158 Å². The zero-order chi connectivity index (χ0) is 58.4. The number of hydrogen-bond acceptors (Lipinski definition) is 3. The number of hydrogen-bond donors (Lipinski definition) is 3. The number of nitrogens with zero attached hydrogens (tertiary/aromatic N) is 7. The van der Waals surface area contributed by atoms with Crippen molar-refractivity contribution in [1.82, 2.24) is 18.3 Å². The van der Waals surface area contributed by atoms with Crippen LogP contribution in [0.4, 0.5) is 0 Å². The maximum absolute atomic E-state index is 11.5. The Morgan fingerprint density at radius 3 is 0.659 bits per heavy atom. The van der Waals surface area contributed by atoms with Gasteiger partial charge in [-0.05, 0) is 151 Å². The van der Waals surface area contributed by atoms with Gasteiger partial charge in [-0.25, -0.2) is 0 Å². The number of benzene rings is 6. The van der Waals surface area contributed by atoms with Crippen molar-refractivity contribution in [2.75, 3.05) is 7.05 Å². The SMILES string of the molecule is CC(C)c1cccc(C(C)C)c1-n1ccn(-c2c(C(C)C)cccc2C(C)C)c1=[N-].CC(C)c1cccc(C(C)C)c1-n1ccn(-c2c(C(C)C)cccc2C(C)C)c1=[N-].C[N-]C(O)c1ccccc1.OC(O)c1ccccc1.[CH3-].[CH3-].[CH3-].[CH3-].[Hf+4].[Hf]. The molecule has 458 valence electrons. The van der Waals surface area contributed by atoms with Gasteiger partial charge in [-0.15, -0.1) is 0 Å². The van der Waals surface area contributed by atoms with E-state index < -0.39 is 12.5 Å². The summed E-state index contributed by atoms with van der Waals surface area (Å²) in [4.78, 5) is 0. The number of imidazole rings is 2. The quantitative estimate of drug-likeness (QED) is 0.0535. The van der Waals surface area contributed by atoms with Gasteiger partial charge in [0.15, 0.2) is 6.29 Å². The second kappa shape index (κ2) is 38.3. The van der Waals surface area contributed by atoms with Gasteiger partial charge in [0, 0.05) is 42.6 Å². The van der Waals surface area contributed by atoms with Gasteiger partial charge in [0.2, 0.25) is 0 Å². The molecule has 1 atom stereocenters. The molecular weight excluding hydrogens is 1380 g/mol. The largest absolute Gasteiger partial charge is 4.00 e. The Hall–Kier alpha value is -5.08. The molecule has 8 rings (SSSR count). The molecule has 0 aliphatic heterocycles. The molecule has 0 saturated carbocycles. The molecule has 2 heterocycles. The molecule has 12 heteroatoms. The van der Waals surface area contributed by atoms with Crippen molar-refractivity contribution in [3.63, 3.8) is 0 Å². The average molecular weight is 1480 g/mol. The van der Waals surface area contributed by atoms with E-state index in [1.54, 1.807) is 31.3 Å². The smallest absolute Gasteiger partial charge is 0.636 e. The Morgan fingerprint density at radius 1 is 0.318 bits per heavy atom. The zero-order valence-corrected chi connectivity index (χ0v) is 62.4. The number of aliphatic hydroxyl groups excluding tert-OH is 2. The van der Waals surface area contributed by atoms with E-state index in [0.29, 0.717) is 52.9 Å². The summed E-state index contributed by atoms with van der Waals surface area (Å²) >= 11 is 0. The van der Waals surface area contributed by atoms with Crippen LogP contribution in [0.25, 0.3) is 38.9 Å². The summed E-state index contributed by atoms with van der Waals surface area (Å²) in [5.74, 6) is 2.91. The van der Waals surface area contributed by atoms with Crippen molar-refractivity contribution in [3.05, 3.63) is 271 Å². The van der Waals surface area contributed by atoms with Gasteiger partial charge >= 0.3 is 25.8 Å². The van der Waals surface area contributed by atoms with Crippen LogP contribution in [0.5, 0.6) is 0 Å². The predicted molar refractivity (Wildman–Crippen MR) is 356 cm³/mol. The Labute approximate surface area is 552 Å². The fourth-order valence-electron chi connectivity index (χ4n) is 10.0. The van der Waals surface area contributed by atoms with Crippen LogP contribution < -0.4 is 11.2 Å². The third kappa shape index (κ3) is 20.5. The van der Waals surface area contributed by atoms with Crippen molar-refractivity contribution >= 4 is 0 Å². The van der Waals surface area contributed by atoms with Gasteiger partial charge in [-0.1, -0.05) is 244 Å². The van der Waals surface area contributed by atoms with E-state index in [-0.39, 0.29) is 92.6 Å². The molecule has 8 aromatic rings. The first-order chi connectivity index (χ1) is 37.4. The number of para-hydroxylation sites is 4. The van der Waals surface area contributed by atoms with Crippen LogP contribution in [-0.4, -0.2) is 40.6 Å². The van der Waals surface area contributed by atoms with Crippen LogP contribution in [0.3, 0.4) is 0 Å². The standard InChI is InChI=1S/2C27H36N3.C8H10NO.C7H8O2.4CH3.2Hf/c2*1-17(2)21-11-9-12-22(18(3)4)25(21)29-15-16-30(27(29)28)26-23(19(5)6)13-10-14-24(26)20(7)8;1-9-8(10)7-5-3-2-4-6-7;8-7(9)6-4-2-1-3-5-6;;;;;;/h2*9-20H,1-8H3;2-6,8,10H,1H3;1-5,7-9H;4*1H3;;/q3*-1;;4*-1;;+4. The predicted octanol–water partition coefficient (Wildman–Crippen LogP) is 18.6. The molecule has 0 fully saturated rings. The van der Waals surface area contributed by atoms with E-state index in [1.165, 1.54) is 44.5 Å². The van der Waals surface area contributed by atoms with Gasteiger partial charge in [0.05, 0.1) is 0 Å². The van der Waals surface area contributed by atoms with E-state index in [0.717, 1.165) is 28.3 Å². The van der Waals surface area contributed by atoms with E-state index in [2.05, 4.69) is 189 Å². The molecule has 2 aromatic heterocycles. The summed E-state index contributed by atoms with van der Waals surface area (Å²) in [6, 6.07) is 44.0. The summed E-state index contributed by atoms with van der Waals surface area (Å²) in [5.41, 5.74) is 16.3. The molecule has 0 bridgehead atoms. The van der Waals surface area contributed by atoms with Crippen LogP contribution in [0, 0.1) is 29.7 Å². The molecule has 0 amide bonds. The second-order valence-electron chi connectivity index (χ2n) is 22.9. The van der Waals surface area contributed by atoms with Crippen LogP contribution in [0.1, 0.15) is 226 Å². The zero-order valence-electron chi connectivity index (χ0n) is 55.3. The molecule has 3 N–H and O–H groups in total. The Balaban J connectivity index is 0. The molecule has 10 nitrogen and oxygen atoms in total. The van der Waals surface area contributed by atoms with Crippen molar-refractivity contribution in [2.24, 2.45) is 0 Å². The van der Waals surface area contributed by atoms with Gasteiger partial charge in [-0.2, -0.15) is 7.05 Å². The molecule has 85 heavy (non-hydrogen) atoms. The molecule has 0 spiro atoms. The molecule has 0 aliphatic rings. The first-order valence-electron chi connectivity index (χ1n) is 28.3. The molecule has 1 unspecified atom stereocenters. The second-order valence-corrected chi connectivity index (χ2v) is 22.9. The molecule has 0 radical (unpaired) electrons. The molecule has 0 aliphatic carbocycles. The molecule has 6 aromatic carbocycles. The fourth-order valence-corrected chi connectivity index (χ4v) is 10.0. The minimum atomic E-state index is -1.34. The summed E-state index contributed by atoms with van der Waals surface area (Å²) in [5, 5.41) is 53.0. The van der Waals surface area contributed by atoms with Crippen molar-refractivity contribution < 1.29 is 67.0 Å². The Kier molecular flexibility index (Phi) is 36.9. The van der Waals surface area contributed by atoms with Crippen molar-refractivity contribution in [3.8, 4) is 22.7 Å². The van der Waals surface area contributed by atoms with Crippen LogP contribution in [0.2, 0.25) is 0 Å². The maximum atomic E-state index is 11.5. The summed E-state index contributed by atoms with van der Waals surface area (Å²) < 4.78 is 7.86. The summed E-state index contributed by atoms with van der Waals surface area (Å²) in [7, 11) is 1.59. The van der Waals surface area contributed by atoms with Gasteiger partial charge in [0.1, 0.15) is 0 Å². The van der Waals surface area contributed by atoms with Gasteiger partial charge < -0.3 is 79.4 Å². The summed E-state index contributed by atoms with van der Waals surface area (Å²) in [6.45, 7) is 35.4. The van der Waals surface area contributed by atoms with E-state index >= 15 is 0 Å². The third-order valence-corrected chi connectivity index (χ3v) is 14.4. The minimum absolute atomic E-state index is 0. The number of aliphatic hydroxyl groups is 3. The van der Waals surface area contributed by atoms with Crippen molar-refractivity contribution in [2.45, 2.75) is 171 Å². The Morgan fingerprint density at radius 2 is 0.506 bits per heavy atom. The van der Waals surface area contributed by atoms with E-state index in [1.807, 2.05) is 79.5 Å². The fraction of sp³-hybridized carbons (Fsp3) is 0.370. The van der Waals surface area contributed by atoms with Gasteiger partial charge in [-0.3, -0.25) is 0 Å². The van der Waals surface area contributed by atoms with Gasteiger partial charge in [0.25, 0.3) is 0 Å². The van der Waals surface area contributed by atoms with Crippen molar-refractivity contribution in [1.29, 1.82) is 0 Å². The molecule has 0 saturated heterocycles. The third-order valence-electron chi connectivity index (χ3n) is 14.4. The average Bonchev–Trinajstić information content (AvgIpc) is 4.00. The first kappa shape index (κ1) is 82.0. The Bertz CT molecular complexity index is 2840. The molecular formula is C73H102Hf2N7O3-3. The topological polar surface area (TPSA) is 139 Å². The first-order valence-corrected chi connectivity index (χ1v) is 28.3. The number of aromatic nitrogens is 4. The van der Waals surface area contributed by atoms with E-state index in [4.69, 9.17) is 15.3 Å². The maximum Gasteiger partial charge on any atom is 4.00 e. The van der Waals surface area contributed by atoms with E-state index in [9.17, 15) is 10.8 Å². The van der Waals surface area contributed by atoms with Crippen LogP contribution in [-0.2, 0) is 51.7 Å². The minimum Gasteiger partial charge on any atom is -0.636 e. The monoisotopic (exact) mass is 1480 g/mol.